The minimum Gasteiger partial charge on any atom is -0.492 e. The third-order valence-electron chi connectivity index (χ3n) is 4.99. The summed E-state index contributed by atoms with van der Waals surface area (Å²) in [6, 6.07) is 3.31. The number of morpholine rings is 1. The number of methoxy groups -OCH3 is 1. The van der Waals surface area contributed by atoms with Crippen LogP contribution in [0.25, 0.3) is 0 Å². The number of nitrogens with zero attached hydrogens (tertiary/aromatic N) is 1. The molecule has 0 radical (unpaired) electrons. The monoisotopic (exact) mass is 383 g/mol. The normalized spacial score (nSPS) is 20.1. The molecule has 0 N–H and O–H groups in total. The number of ether oxygens (including phenoxy) is 3. The molecule has 0 bridgehead atoms. The van der Waals surface area contributed by atoms with Gasteiger partial charge in [-0.3, -0.25) is 4.90 Å². The molecule has 0 aliphatic carbocycles. The molecule has 3 rings (SSSR count). The first kappa shape index (κ1) is 19.1. The van der Waals surface area contributed by atoms with Crippen molar-refractivity contribution in [2.24, 2.45) is 0 Å². The number of carbonyl (C=O) groups excluding carboxylic acids is 1. The van der Waals surface area contributed by atoms with E-state index in [9.17, 15) is 13.2 Å². The highest BCUT2D eigenvalue weighted by Crippen LogP contribution is 2.43. The van der Waals surface area contributed by atoms with Gasteiger partial charge in [-0.05, 0) is 17.9 Å². The summed E-state index contributed by atoms with van der Waals surface area (Å²) in [5.41, 5.74) is 0.597. The fraction of sp³-hybridized carbons (Fsp3) is 0.611. The number of fused-ring (bicyclic) bond motifs is 1. The van der Waals surface area contributed by atoms with E-state index >= 15 is 0 Å². The number of esters is 1. The summed E-state index contributed by atoms with van der Waals surface area (Å²) >= 11 is 0. The van der Waals surface area contributed by atoms with Crippen LogP contribution in [0.3, 0.4) is 0 Å². The second kappa shape index (κ2) is 7.17. The molecule has 1 fully saturated rings. The summed E-state index contributed by atoms with van der Waals surface area (Å²) in [4.78, 5) is 14.0. The second-order valence-corrected chi connectivity index (χ2v) is 9.16. The smallest absolute Gasteiger partial charge is 0.339 e. The van der Waals surface area contributed by atoms with Crippen LogP contribution in [0.15, 0.2) is 17.0 Å². The quantitative estimate of drug-likeness (QED) is 0.730. The summed E-state index contributed by atoms with van der Waals surface area (Å²) < 4.78 is 42.4. The highest BCUT2D eigenvalue weighted by Gasteiger charge is 2.37. The van der Waals surface area contributed by atoms with E-state index in [-0.39, 0.29) is 27.5 Å². The molecule has 1 saturated heterocycles. The first-order valence-electron chi connectivity index (χ1n) is 8.68. The van der Waals surface area contributed by atoms with Gasteiger partial charge in [0, 0.05) is 18.7 Å². The van der Waals surface area contributed by atoms with Crippen molar-refractivity contribution >= 4 is 15.8 Å². The van der Waals surface area contributed by atoms with Gasteiger partial charge in [0.25, 0.3) is 0 Å². The van der Waals surface area contributed by atoms with Gasteiger partial charge >= 0.3 is 5.97 Å². The zero-order valence-electron chi connectivity index (χ0n) is 15.4. The van der Waals surface area contributed by atoms with Crippen molar-refractivity contribution < 1.29 is 27.4 Å². The molecule has 8 heteroatoms. The topological polar surface area (TPSA) is 82.1 Å². The maximum Gasteiger partial charge on any atom is 0.339 e. The zero-order valence-corrected chi connectivity index (χ0v) is 16.2. The minimum absolute atomic E-state index is 0.0252. The maximum atomic E-state index is 13.3. The molecular formula is C18H25NO6S. The first-order valence-corrected chi connectivity index (χ1v) is 10.3. The predicted octanol–water partition coefficient (Wildman–Crippen LogP) is 1.60. The van der Waals surface area contributed by atoms with E-state index in [1.807, 2.05) is 18.7 Å². The van der Waals surface area contributed by atoms with Crippen LogP contribution < -0.4 is 4.74 Å². The van der Waals surface area contributed by atoms with E-state index in [1.165, 1.54) is 13.2 Å². The van der Waals surface area contributed by atoms with Crippen molar-refractivity contribution in [3.8, 4) is 5.75 Å². The van der Waals surface area contributed by atoms with Crippen LogP contribution in [0.1, 0.15) is 36.2 Å². The Balaban J connectivity index is 2.12. The Morgan fingerprint density at radius 1 is 1.23 bits per heavy atom. The maximum absolute atomic E-state index is 13.3. The Labute approximate surface area is 154 Å². The van der Waals surface area contributed by atoms with Gasteiger partial charge in [-0.2, -0.15) is 0 Å². The molecule has 2 heterocycles. The minimum atomic E-state index is -3.79. The Kier molecular flexibility index (Phi) is 5.28. The third-order valence-corrected chi connectivity index (χ3v) is 6.72. The lowest BCUT2D eigenvalue weighted by molar-refractivity contribution is 0.0464. The summed E-state index contributed by atoms with van der Waals surface area (Å²) in [5, 5.41) is 0. The Morgan fingerprint density at radius 2 is 1.92 bits per heavy atom. The van der Waals surface area contributed by atoms with E-state index in [1.54, 1.807) is 6.07 Å². The Hall–Kier alpha value is -1.64. The van der Waals surface area contributed by atoms with Gasteiger partial charge in [0.2, 0.25) is 0 Å². The van der Waals surface area contributed by atoms with Crippen LogP contribution in [0.5, 0.6) is 5.75 Å². The SMILES string of the molecule is COC(=O)c1ccc2c(c1S(=O)(=O)CN1CCOCC1)OCCC2(C)C. The van der Waals surface area contributed by atoms with Crippen LogP contribution in [-0.4, -0.2) is 65.2 Å². The van der Waals surface area contributed by atoms with Crippen molar-refractivity contribution in [2.45, 2.75) is 30.6 Å². The predicted molar refractivity (Wildman–Crippen MR) is 95.4 cm³/mol. The Morgan fingerprint density at radius 3 is 2.58 bits per heavy atom. The van der Waals surface area contributed by atoms with Crippen molar-refractivity contribution in [2.75, 3.05) is 45.9 Å². The van der Waals surface area contributed by atoms with Gasteiger partial charge in [-0.15, -0.1) is 0 Å². The van der Waals surface area contributed by atoms with E-state index in [2.05, 4.69) is 0 Å². The molecule has 0 spiro atoms. The number of carbonyl (C=O) groups is 1. The molecule has 2 aliphatic heterocycles. The van der Waals surface area contributed by atoms with Crippen LogP contribution in [0, 0.1) is 0 Å². The molecule has 0 saturated carbocycles. The lowest BCUT2D eigenvalue weighted by atomic mass is 9.79. The van der Waals surface area contributed by atoms with Gasteiger partial charge in [-0.1, -0.05) is 19.9 Å². The third kappa shape index (κ3) is 3.58. The van der Waals surface area contributed by atoms with Crippen LogP contribution in [0.4, 0.5) is 0 Å². The van der Waals surface area contributed by atoms with E-state index in [4.69, 9.17) is 14.2 Å². The molecule has 1 aromatic rings. The van der Waals surface area contributed by atoms with Gasteiger partial charge < -0.3 is 14.2 Å². The molecule has 0 aromatic heterocycles. The average molecular weight is 383 g/mol. The average Bonchev–Trinajstić information content (AvgIpc) is 2.60. The van der Waals surface area contributed by atoms with Gasteiger partial charge in [0.15, 0.2) is 9.84 Å². The van der Waals surface area contributed by atoms with Gasteiger partial charge in [0.05, 0.1) is 32.5 Å². The summed E-state index contributed by atoms with van der Waals surface area (Å²) in [7, 11) is -2.55. The van der Waals surface area contributed by atoms with E-state index < -0.39 is 15.8 Å². The van der Waals surface area contributed by atoms with Gasteiger partial charge in [-0.25, -0.2) is 13.2 Å². The number of benzene rings is 1. The fourth-order valence-electron chi connectivity index (χ4n) is 3.40. The van der Waals surface area contributed by atoms with Crippen molar-refractivity contribution in [1.29, 1.82) is 0 Å². The Bertz CT molecular complexity index is 796. The molecule has 1 aromatic carbocycles. The number of hydrogen-bond donors (Lipinski definition) is 0. The zero-order chi connectivity index (χ0) is 18.9. The molecule has 0 unspecified atom stereocenters. The highest BCUT2D eigenvalue weighted by molar-refractivity contribution is 7.91. The van der Waals surface area contributed by atoms with Crippen molar-refractivity contribution in [3.05, 3.63) is 23.3 Å². The largest absolute Gasteiger partial charge is 0.492 e. The van der Waals surface area contributed by atoms with Gasteiger partial charge in [0.1, 0.15) is 16.5 Å². The van der Waals surface area contributed by atoms with Crippen molar-refractivity contribution in [3.63, 3.8) is 0 Å². The summed E-state index contributed by atoms with van der Waals surface area (Å²) in [6.07, 6.45) is 0.778. The lowest BCUT2D eigenvalue weighted by Gasteiger charge is -2.34. The van der Waals surface area contributed by atoms with Crippen LogP contribution in [0.2, 0.25) is 0 Å². The molecule has 2 aliphatic rings. The van der Waals surface area contributed by atoms with Crippen molar-refractivity contribution in [1.82, 2.24) is 4.90 Å². The van der Waals surface area contributed by atoms with Crippen LogP contribution in [-0.2, 0) is 24.7 Å². The molecule has 0 amide bonds. The number of rotatable bonds is 4. The molecule has 7 nitrogen and oxygen atoms in total. The van der Waals surface area contributed by atoms with Crippen LogP contribution >= 0.6 is 0 Å². The first-order chi connectivity index (χ1) is 12.3. The summed E-state index contributed by atoms with van der Waals surface area (Å²) in [6.45, 7) is 6.56. The lowest BCUT2D eigenvalue weighted by Crippen LogP contribution is -2.40. The highest BCUT2D eigenvalue weighted by atomic mass is 32.2. The second-order valence-electron chi connectivity index (χ2n) is 7.27. The standard InChI is InChI=1S/C18H25NO6S/c1-18(2)6-9-25-15-14(18)5-4-13(17(20)23-3)16(15)26(21,22)12-19-7-10-24-11-8-19/h4-5H,6-12H2,1-3H3. The molecule has 26 heavy (non-hydrogen) atoms. The summed E-state index contributed by atoms with van der Waals surface area (Å²) in [5.74, 6) is -0.571. The fourth-order valence-corrected chi connectivity index (χ4v) is 5.20. The number of hydrogen-bond acceptors (Lipinski definition) is 7. The molecule has 144 valence electrons. The molecular weight excluding hydrogens is 358 g/mol. The molecule has 0 atom stereocenters. The van der Waals surface area contributed by atoms with E-state index in [0.717, 1.165) is 12.0 Å². The van der Waals surface area contributed by atoms with E-state index in [0.29, 0.717) is 32.9 Å². The number of sulfone groups is 1.